The summed E-state index contributed by atoms with van der Waals surface area (Å²) in [7, 11) is 0. The quantitative estimate of drug-likeness (QED) is 0.789. The van der Waals surface area contributed by atoms with Crippen LogP contribution in [0.3, 0.4) is 0 Å². The lowest BCUT2D eigenvalue weighted by atomic mass is 9.90. The van der Waals surface area contributed by atoms with Crippen LogP contribution in [0.2, 0.25) is 0 Å². The van der Waals surface area contributed by atoms with E-state index in [0.717, 1.165) is 31.6 Å². The van der Waals surface area contributed by atoms with Gasteiger partial charge >= 0.3 is 0 Å². The highest BCUT2D eigenvalue weighted by molar-refractivity contribution is 5.04. The maximum absolute atomic E-state index is 6.00. The molecule has 1 rings (SSSR count). The fourth-order valence-electron chi connectivity index (χ4n) is 2.42. The summed E-state index contributed by atoms with van der Waals surface area (Å²) in [5.74, 6) is 0. The Balaban J connectivity index is 2.83. The summed E-state index contributed by atoms with van der Waals surface area (Å²) < 4.78 is 0. The molecule has 1 aromatic heterocycles. The van der Waals surface area contributed by atoms with Crippen molar-refractivity contribution in [3.8, 4) is 0 Å². The number of pyridine rings is 1. The Labute approximate surface area is 105 Å². The van der Waals surface area contributed by atoms with Crippen LogP contribution in [-0.2, 0) is 6.54 Å². The van der Waals surface area contributed by atoms with Crippen LogP contribution in [0.5, 0.6) is 0 Å². The zero-order valence-electron chi connectivity index (χ0n) is 11.3. The minimum absolute atomic E-state index is 0.117. The highest BCUT2D eigenvalue weighted by Gasteiger charge is 2.30. The summed E-state index contributed by atoms with van der Waals surface area (Å²) in [4.78, 5) is 6.85. The molecule has 0 spiro atoms. The summed E-state index contributed by atoms with van der Waals surface area (Å²) in [6.07, 6.45) is 4.02. The molecule has 0 bridgehead atoms. The first-order valence-electron chi connectivity index (χ1n) is 6.57. The predicted octanol–water partition coefficient (Wildman–Crippen LogP) is 2.42. The van der Waals surface area contributed by atoms with Gasteiger partial charge in [0.15, 0.2) is 0 Å². The van der Waals surface area contributed by atoms with E-state index in [-0.39, 0.29) is 5.54 Å². The van der Waals surface area contributed by atoms with Gasteiger partial charge in [-0.3, -0.25) is 9.88 Å². The molecule has 1 aromatic rings. The lowest BCUT2D eigenvalue weighted by Gasteiger charge is -2.42. The van der Waals surface area contributed by atoms with Crippen LogP contribution in [0, 0.1) is 0 Å². The Kier molecular flexibility index (Phi) is 5.59. The van der Waals surface area contributed by atoms with E-state index in [1.54, 1.807) is 0 Å². The second-order valence-electron chi connectivity index (χ2n) is 4.47. The molecule has 17 heavy (non-hydrogen) atoms. The normalized spacial score (nSPS) is 12.1. The van der Waals surface area contributed by atoms with Gasteiger partial charge in [-0.2, -0.15) is 0 Å². The van der Waals surface area contributed by atoms with Crippen molar-refractivity contribution in [1.29, 1.82) is 0 Å². The highest BCUT2D eigenvalue weighted by Crippen LogP contribution is 2.24. The number of hydrogen-bond donors (Lipinski definition) is 1. The molecule has 0 atom stereocenters. The molecule has 0 unspecified atom stereocenters. The van der Waals surface area contributed by atoms with E-state index in [1.807, 2.05) is 18.3 Å². The third-order valence-electron chi connectivity index (χ3n) is 3.83. The molecule has 0 aromatic carbocycles. The lowest BCUT2D eigenvalue weighted by Crippen LogP contribution is -2.52. The van der Waals surface area contributed by atoms with E-state index in [2.05, 4.69) is 36.7 Å². The number of aromatic nitrogens is 1. The van der Waals surface area contributed by atoms with Gasteiger partial charge in [0, 0.05) is 24.8 Å². The third kappa shape index (κ3) is 3.27. The Morgan fingerprint density at radius 2 is 1.94 bits per heavy atom. The molecule has 96 valence electrons. The van der Waals surface area contributed by atoms with E-state index in [4.69, 9.17) is 5.73 Å². The summed E-state index contributed by atoms with van der Waals surface area (Å²) in [6, 6.07) is 6.07. The molecule has 0 fully saturated rings. The summed E-state index contributed by atoms with van der Waals surface area (Å²) in [5.41, 5.74) is 7.23. The van der Waals surface area contributed by atoms with Crippen molar-refractivity contribution >= 4 is 0 Å². The summed E-state index contributed by atoms with van der Waals surface area (Å²) >= 11 is 0. The Morgan fingerprint density at radius 1 is 1.24 bits per heavy atom. The Hall–Kier alpha value is -0.930. The summed E-state index contributed by atoms with van der Waals surface area (Å²) in [5, 5.41) is 0. The third-order valence-corrected chi connectivity index (χ3v) is 3.83. The first kappa shape index (κ1) is 14.1. The highest BCUT2D eigenvalue weighted by atomic mass is 15.2. The molecule has 1 heterocycles. The molecule has 0 aliphatic carbocycles. The predicted molar refractivity (Wildman–Crippen MR) is 72.7 cm³/mol. The molecule has 3 nitrogen and oxygen atoms in total. The zero-order chi connectivity index (χ0) is 12.7. The van der Waals surface area contributed by atoms with Crippen LogP contribution in [0.25, 0.3) is 0 Å². The Morgan fingerprint density at radius 3 is 2.35 bits per heavy atom. The molecule has 0 aliphatic heterocycles. The second-order valence-corrected chi connectivity index (χ2v) is 4.47. The molecule has 0 aliphatic rings. The van der Waals surface area contributed by atoms with Crippen LogP contribution >= 0.6 is 0 Å². The summed E-state index contributed by atoms with van der Waals surface area (Å²) in [6.45, 7) is 9.24. The fraction of sp³-hybridized carbons (Fsp3) is 0.643. The van der Waals surface area contributed by atoms with Gasteiger partial charge < -0.3 is 5.73 Å². The average Bonchev–Trinajstić information content (AvgIpc) is 2.41. The monoisotopic (exact) mass is 235 g/mol. The lowest BCUT2D eigenvalue weighted by molar-refractivity contribution is 0.0815. The van der Waals surface area contributed by atoms with Crippen LogP contribution in [0.1, 0.15) is 39.3 Å². The van der Waals surface area contributed by atoms with Gasteiger partial charge in [-0.05, 0) is 31.5 Å². The molecular formula is C14H25N3. The minimum atomic E-state index is 0.117. The van der Waals surface area contributed by atoms with Gasteiger partial charge in [-0.1, -0.05) is 26.8 Å². The van der Waals surface area contributed by atoms with Gasteiger partial charge in [0.2, 0.25) is 0 Å². The smallest absolute Gasteiger partial charge is 0.0544 e. The van der Waals surface area contributed by atoms with E-state index >= 15 is 0 Å². The standard InChI is InChI=1S/C14H25N3/c1-4-14(5-2,12-15)17(6-3)11-13-9-7-8-10-16-13/h7-10H,4-6,11-12,15H2,1-3H3. The van der Waals surface area contributed by atoms with E-state index < -0.39 is 0 Å². The van der Waals surface area contributed by atoms with E-state index in [1.165, 1.54) is 0 Å². The topological polar surface area (TPSA) is 42.2 Å². The number of nitrogens with zero attached hydrogens (tertiary/aromatic N) is 2. The van der Waals surface area contributed by atoms with Crippen molar-refractivity contribution in [2.45, 2.75) is 45.7 Å². The average molecular weight is 235 g/mol. The maximum Gasteiger partial charge on any atom is 0.0544 e. The SMILES string of the molecule is CCN(Cc1ccccn1)C(CC)(CC)CN. The first-order chi connectivity index (χ1) is 8.22. The van der Waals surface area contributed by atoms with Crippen molar-refractivity contribution in [2.24, 2.45) is 5.73 Å². The minimum Gasteiger partial charge on any atom is -0.329 e. The van der Waals surface area contributed by atoms with E-state index in [9.17, 15) is 0 Å². The van der Waals surface area contributed by atoms with Crippen LogP contribution in [0.4, 0.5) is 0 Å². The van der Waals surface area contributed by atoms with E-state index in [0.29, 0.717) is 6.54 Å². The van der Waals surface area contributed by atoms with Gasteiger partial charge in [0.1, 0.15) is 0 Å². The number of nitrogens with two attached hydrogens (primary N) is 1. The second kappa shape index (κ2) is 6.72. The molecule has 0 radical (unpaired) electrons. The molecule has 2 N–H and O–H groups in total. The first-order valence-corrected chi connectivity index (χ1v) is 6.57. The largest absolute Gasteiger partial charge is 0.329 e. The number of hydrogen-bond acceptors (Lipinski definition) is 3. The molecule has 0 saturated carbocycles. The van der Waals surface area contributed by atoms with Crippen LogP contribution in [0.15, 0.2) is 24.4 Å². The Bertz CT molecular complexity index is 298. The molecular weight excluding hydrogens is 210 g/mol. The molecule has 3 heteroatoms. The van der Waals surface area contributed by atoms with Crippen molar-refractivity contribution in [3.05, 3.63) is 30.1 Å². The molecule has 0 amide bonds. The zero-order valence-corrected chi connectivity index (χ0v) is 11.3. The fourth-order valence-corrected chi connectivity index (χ4v) is 2.42. The van der Waals surface area contributed by atoms with Crippen molar-refractivity contribution in [1.82, 2.24) is 9.88 Å². The number of rotatable bonds is 7. The van der Waals surface area contributed by atoms with Gasteiger partial charge in [-0.15, -0.1) is 0 Å². The maximum atomic E-state index is 6.00. The van der Waals surface area contributed by atoms with Gasteiger partial charge in [0.05, 0.1) is 5.69 Å². The molecule has 0 saturated heterocycles. The van der Waals surface area contributed by atoms with Crippen molar-refractivity contribution in [3.63, 3.8) is 0 Å². The van der Waals surface area contributed by atoms with Gasteiger partial charge in [-0.25, -0.2) is 0 Å². The van der Waals surface area contributed by atoms with Crippen molar-refractivity contribution in [2.75, 3.05) is 13.1 Å². The number of likely N-dealkylation sites (N-methyl/N-ethyl adjacent to an activating group) is 1. The van der Waals surface area contributed by atoms with Crippen molar-refractivity contribution < 1.29 is 0 Å². The van der Waals surface area contributed by atoms with Gasteiger partial charge in [0.25, 0.3) is 0 Å². The van der Waals surface area contributed by atoms with Crippen LogP contribution < -0.4 is 5.73 Å². The van der Waals surface area contributed by atoms with Crippen LogP contribution in [-0.4, -0.2) is 28.5 Å².